The average Bonchev–Trinajstić information content (AvgIpc) is 2.56. The Morgan fingerprint density at radius 3 is 2.37 bits per heavy atom. The van der Waals surface area contributed by atoms with Crippen LogP contribution in [0.2, 0.25) is 0 Å². The summed E-state index contributed by atoms with van der Waals surface area (Å²) < 4.78 is 0. The van der Waals surface area contributed by atoms with Gasteiger partial charge in [0.15, 0.2) is 5.13 Å². The Balaban J connectivity index is 2.76. The van der Waals surface area contributed by atoms with E-state index in [2.05, 4.69) is 10.3 Å². The van der Waals surface area contributed by atoms with Crippen molar-refractivity contribution in [2.75, 3.05) is 5.32 Å². The molecule has 0 aliphatic carbocycles. The third-order valence-electron chi connectivity index (χ3n) is 3.57. The number of amides is 1. The van der Waals surface area contributed by atoms with Crippen molar-refractivity contribution in [3.63, 3.8) is 0 Å². The Kier molecular flexibility index (Phi) is 4.68. The second kappa shape index (κ2) is 5.69. The van der Waals surface area contributed by atoms with Crippen molar-refractivity contribution in [2.45, 2.75) is 41.0 Å². The van der Waals surface area contributed by atoms with Crippen LogP contribution in [0.3, 0.4) is 0 Å². The molecule has 0 aromatic carbocycles. The summed E-state index contributed by atoms with van der Waals surface area (Å²) >= 11 is 1.39. The first kappa shape index (κ1) is 15.6. The zero-order valence-corrected chi connectivity index (χ0v) is 12.7. The molecular formula is C13H20N2O3S. The van der Waals surface area contributed by atoms with Gasteiger partial charge in [0.1, 0.15) is 0 Å². The second-order valence-electron chi connectivity index (χ2n) is 5.26. The normalized spacial score (nSPS) is 14.2. The lowest BCUT2D eigenvalue weighted by Crippen LogP contribution is -2.37. The Bertz CT molecular complexity index is 477. The predicted octanol–water partition coefficient (Wildman–Crippen LogP) is 2.84. The lowest BCUT2D eigenvalue weighted by atomic mass is 9.76. The van der Waals surface area contributed by atoms with Crippen LogP contribution in [0, 0.1) is 25.2 Å². The fraction of sp³-hybridized carbons (Fsp3) is 0.615. The van der Waals surface area contributed by atoms with Gasteiger partial charge in [-0.2, -0.15) is 0 Å². The van der Waals surface area contributed by atoms with Crippen LogP contribution in [0.25, 0.3) is 0 Å². The van der Waals surface area contributed by atoms with E-state index in [1.165, 1.54) is 11.3 Å². The zero-order valence-electron chi connectivity index (χ0n) is 11.9. The Morgan fingerprint density at radius 2 is 2.00 bits per heavy atom. The summed E-state index contributed by atoms with van der Waals surface area (Å²) in [4.78, 5) is 28.5. The van der Waals surface area contributed by atoms with Crippen LogP contribution < -0.4 is 5.32 Å². The van der Waals surface area contributed by atoms with Crippen molar-refractivity contribution >= 4 is 28.3 Å². The molecule has 6 heteroatoms. The standard InChI is InChI=1S/C13H20N2O3S/c1-7(2)13(5,11(17)18)6-10(16)15-12-14-8(3)9(4)19-12/h7H,6H2,1-5H3,(H,17,18)(H,14,15,16). The smallest absolute Gasteiger partial charge is 0.310 e. The summed E-state index contributed by atoms with van der Waals surface area (Å²) in [7, 11) is 0. The number of carboxylic acids is 1. The molecule has 0 saturated heterocycles. The van der Waals surface area contributed by atoms with Gasteiger partial charge < -0.3 is 10.4 Å². The average molecular weight is 284 g/mol. The number of nitrogens with zero attached hydrogens (tertiary/aromatic N) is 1. The van der Waals surface area contributed by atoms with E-state index in [-0.39, 0.29) is 18.2 Å². The summed E-state index contributed by atoms with van der Waals surface area (Å²) in [5, 5.41) is 12.5. The molecule has 1 aromatic rings. The molecule has 1 unspecified atom stereocenters. The highest BCUT2D eigenvalue weighted by atomic mass is 32.1. The first-order valence-electron chi connectivity index (χ1n) is 6.14. The largest absolute Gasteiger partial charge is 0.481 e. The van der Waals surface area contributed by atoms with E-state index >= 15 is 0 Å². The molecule has 0 fully saturated rings. The fourth-order valence-electron chi connectivity index (χ4n) is 1.55. The minimum atomic E-state index is -1.06. The van der Waals surface area contributed by atoms with Gasteiger partial charge >= 0.3 is 5.97 Å². The van der Waals surface area contributed by atoms with E-state index < -0.39 is 11.4 Å². The predicted molar refractivity (Wildman–Crippen MR) is 75.4 cm³/mol. The van der Waals surface area contributed by atoms with Crippen molar-refractivity contribution in [2.24, 2.45) is 11.3 Å². The maximum Gasteiger partial charge on any atom is 0.310 e. The summed E-state index contributed by atoms with van der Waals surface area (Å²) in [6.07, 6.45) is -0.0579. The van der Waals surface area contributed by atoms with Crippen molar-refractivity contribution in [1.29, 1.82) is 0 Å². The number of rotatable bonds is 5. The van der Waals surface area contributed by atoms with Gasteiger partial charge in [-0.1, -0.05) is 13.8 Å². The Hall–Kier alpha value is -1.43. The summed E-state index contributed by atoms with van der Waals surface area (Å²) in [5.41, 5.74) is -0.184. The quantitative estimate of drug-likeness (QED) is 0.871. The molecule has 2 N–H and O–H groups in total. The summed E-state index contributed by atoms with van der Waals surface area (Å²) in [6, 6.07) is 0. The van der Waals surface area contributed by atoms with Crippen molar-refractivity contribution in [1.82, 2.24) is 4.98 Å². The number of carbonyl (C=O) groups is 2. The van der Waals surface area contributed by atoms with Crippen LogP contribution in [0.5, 0.6) is 0 Å². The highest BCUT2D eigenvalue weighted by Crippen LogP contribution is 2.32. The van der Waals surface area contributed by atoms with Gasteiger partial charge in [0.2, 0.25) is 5.91 Å². The van der Waals surface area contributed by atoms with E-state index in [9.17, 15) is 14.7 Å². The number of aromatic nitrogens is 1. The SMILES string of the molecule is Cc1nc(NC(=O)CC(C)(C(=O)O)C(C)C)sc1C. The number of carbonyl (C=O) groups excluding carboxylic acids is 1. The maximum absolute atomic E-state index is 11.9. The summed E-state index contributed by atoms with van der Waals surface area (Å²) in [5.74, 6) is -1.40. The molecule has 1 atom stereocenters. The zero-order chi connectivity index (χ0) is 14.8. The van der Waals surface area contributed by atoms with Gasteiger partial charge in [-0.05, 0) is 26.7 Å². The molecule has 0 aliphatic heterocycles. The van der Waals surface area contributed by atoms with Gasteiger partial charge in [0.05, 0.1) is 11.1 Å². The molecule has 0 spiro atoms. The molecule has 106 valence electrons. The molecule has 0 saturated carbocycles. The first-order chi connectivity index (χ1) is 8.66. The van der Waals surface area contributed by atoms with Crippen LogP contribution in [0.4, 0.5) is 5.13 Å². The third kappa shape index (κ3) is 3.53. The minimum Gasteiger partial charge on any atom is -0.481 e. The number of hydrogen-bond acceptors (Lipinski definition) is 4. The molecular weight excluding hydrogens is 264 g/mol. The van der Waals surface area contributed by atoms with Crippen molar-refractivity contribution in [3.8, 4) is 0 Å². The van der Waals surface area contributed by atoms with Gasteiger partial charge in [-0.25, -0.2) is 4.98 Å². The first-order valence-corrected chi connectivity index (χ1v) is 6.95. The minimum absolute atomic E-state index is 0.0579. The molecule has 0 radical (unpaired) electrons. The van der Waals surface area contributed by atoms with Gasteiger partial charge in [0, 0.05) is 11.3 Å². The topological polar surface area (TPSA) is 79.3 Å². The number of nitrogens with one attached hydrogen (secondary N) is 1. The van der Waals surface area contributed by atoms with Crippen LogP contribution in [-0.4, -0.2) is 22.0 Å². The molecule has 5 nitrogen and oxygen atoms in total. The van der Waals surface area contributed by atoms with Gasteiger partial charge in [-0.3, -0.25) is 9.59 Å². The third-order valence-corrected chi connectivity index (χ3v) is 4.55. The van der Waals surface area contributed by atoms with Crippen molar-refractivity contribution < 1.29 is 14.7 Å². The molecule has 1 aromatic heterocycles. The lowest BCUT2D eigenvalue weighted by molar-refractivity contribution is -0.153. The van der Waals surface area contributed by atoms with Crippen molar-refractivity contribution in [3.05, 3.63) is 10.6 Å². The number of aliphatic carboxylic acids is 1. The maximum atomic E-state index is 11.9. The van der Waals surface area contributed by atoms with Crippen LogP contribution in [0.15, 0.2) is 0 Å². The number of aryl methyl sites for hydroxylation is 2. The number of thiazole rings is 1. The van der Waals surface area contributed by atoms with Crippen LogP contribution >= 0.6 is 11.3 Å². The molecule has 0 aliphatic rings. The molecule has 1 heterocycles. The number of hydrogen-bond donors (Lipinski definition) is 2. The number of anilines is 1. The van der Waals surface area contributed by atoms with Crippen LogP contribution in [-0.2, 0) is 9.59 Å². The molecule has 1 rings (SSSR count). The van der Waals surface area contributed by atoms with E-state index in [0.717, 1.165) is 10.6 Å². The highest BCUT2D eigenvalue weighted by Gasteiger charge is 2.38. The van der Waals surface area contributed by atoms with Gasteiger partial charge in [-0.15, -0.1) is 11.3 Å². The lowest BCUT2D eigenvalue weighted by Gasteiger charge is -2.28. The monoisotopic (exact) mass is 284 g/mol. The molecule has 1 amide bonds. The Labute approximate surface area is 117 Å². The summed E-state index contributed by atoms with van der Waals surface area (Å²) in [6.45, 7) is 9.01. The molecule has 0 bridgehead atoms. The highest BCUT2D eigenvalue weighted by molar-refractivity contribution is 7.15. The Morgan fingerprint density at radius 1 is 1.42 bits per heavy atom. The second-order valence-corrected chi connectivity index (χ2v) is 6.47. The van der Waals surface area contributed by atoms with E-state index in [1.807, 2.05) is 13.8 Å². The number of carboxylic acid groups (broad SMARTS) is 1. The van der Waals surface area contributed by atoms with Gasteiger partial charge in [0.25, 0.3) is 0 Å². The van der Waals surface area contributed by atoms with Crippen LogP contribution in [0.1, 0.15) is 37.8 Å². The van der Waals surface area contributed by atoms with E-state index in [0.29, 0.717) is 5.13 Å². The van der Waals surface area contributed by atoms with E-state index in [4.69, 9.17) is 0 Å². The van der Waals surface area contributed by atoms with E-state index in [1.54, 1.807) is 20.8 Å². The molecule has 19 heavy (non-hydrogen) atoms. The fourth-order valence-corrected chi connectivity index (χ4v) is 2.38.